The highest BCUT2D eigenvalue weighted by Gasteiger charge is 2.18. The van der Waals surface area contributed by atoms with Crippen LogP contribution in [0.5, 0.6) is 0 Å². The standard InChI is InChI=1S/C19H14BrN3O2/c1-12-14-6-2-5-9-17(14)25-18(12)19(24)22-15-7-3-4-8-16(15)23-11-13(20)10-21-23/h2-11H,1H3,(H,22,24). The predicted molar refractivity (Wildman–Crippen MR) is 100 cm³/mol. The SMILES string of the molecule is Cc1c(C(=O)Nc2ccccc2-n2cc(Br)cn2)oc2ccccc12. The highest BCUT2D eigenvalue weighted by atomic mass is 79.9. The van der Waals surface area contributed by atoms with Crippen molar-refractivity contribution in [3.8, 4) is 5.69 Å². The molecule has 25 heavy (non-hydrogen) atoms. The number of benzene rings is 2. The summed E-state index contributed by atoms with van der Waals surface area (Å²) in [7, 11) is 0. The van der Waals surface area contributed by atoms with E-state index in [4.69, 9.17) is 4.42 Å². The first kappa shape index (κ1) is 15.7. The Balaban J connectivity index is 1.70. The lowest BCUT2D eigenvalue weighted by molar-refractivity contribution is 0.0998. The highest BCUT2D eigenvalue weighted by molar-refractivity contribution is 9.10. The van der Waals surface area contributed by atoms with E-state index in [9.17, 15) is 4.79 Å². The number of carbonyl (C=O) groups is 1. The molecule has 0 aliphatic rings. The molecule has 0 radical (unpaired) electrons. The molecule has 1 amide bonds. The van der Waals surface area contributed by atoms with Crippen molar-refractivity contribution in [1.29, 1.82) is 0 Å². The maximum atomic E-state index is 12.7. The molecule has 4 rings (SSSR count). The Kier molecular flexibility index (Phi) is 3.89. The Morgan fingerprint density at radius 3 is 2.68 bits per heavy atom. The van der Waals surface area contributed by atoms with Crippen LogP contribution in [0.25, 0.3) is 16.7 Å². The summed E-state index contributed by atoms with van der Waals surface area (Å²) in [5.74, 6) is 0.0324. The van der Waals surface area contributed by atoms with Gasteiger partial charge in [-0.1, -0.05) is 30.3 Å². The van der Waals surface area contributed by atoms with Gasteiger partial charge in [0.2, 0.25) is 0 Å². The van der Waals surface area contributed by atoms with Crippen molar-refractivity contribution in [3.05, 3.63) is 76.7 Å². The summed E-state index contributed by atoms with van der Waals surface area (Å²) >= 11 is 3.39. The average Bonchev–Trinajstić information content (AvgIpc) is 3.20. The van der Waals surface area contributed by atoms with E-state index in [0.717, 1.165) is 21.1 Å². The zero-order valence-corrected chi connectivity index (χ0v) is 14.9. The van der Waals surface area contributed by atoms with Crippen LogP contribution in [-0.4, -0.2) is 15.7 Å². The minimum atomic E-state index is -0.285. The van der Waals surface area contributed by atoms with E-state index in [1.807, 2.05) is 61.7 Å². The minimum absolute atomic E-state index is 0.285. The summed E-state index contributed by atoms with van der Waals surface area (Å²) in [6.07, 6.45) is 3.53. The molecular weight excluding hydrogens is 382 g/mol. The van der Waals surface area contributed by atoms with Gasteiger partial charge in [-0.05, 0) is 41.1 Å². The summed E-state index contributed by atoms with van der Waals surface area (Å²) in [5.41, 5.74) is 2.96. The fraction of sp³-hybridized carbons (Fsp3) is 0.0526. The van der Waals surface area contributed by atoms with Gasteiger partial charge in [0, 0.05) is 17.1 Å². The van der Waals surface area contributed by atoms with E-state index in [2.05, 4.69) is 26.3 Å². The molecule has 0 atom stereocenters. The van der Waals surface area contributed by atoms with Gasteiger partial charge in [-0.2, -0.15) is 5.10 Å². The van der Waals surface area contributed by atoms with Crippen molar-refractivity contribution < 1.29 is 9.21 Å². The topological polar surface area (TPSA) is 60.1 Å². The molecule has 0 saturated heterocycles. The number of halogens is 1. The van der Waals surface area contributed by atoms with Crippen molar-refractivity contribution in [1.82, 2.24) is 9.78 Å². The summed E-state index contributed by atoms with van der Waals surface area (Å²) < 4.78 is 8.30. The lowest BCUT2D eigenvalue weighted by Crippen LogP contribution is -2.14. The van der Waals surface area contributed by atoms with Crippen molar-refractivity contribution >= 4 is 38.5 Å². The normalized spacial score (nSPS) is 11.0. The summed E-state index contributed by atoms with van der Waals surface area (Å²) in [6.45, 7) is 1.89. The van der Waals surface area contributed by atoms with Gasteiger partial charge in [-0.15, -0.1) is 0 Å². The van der Waals surface area contributed by atoms with Crippen LogP contribution in [0.4, 0.5) is 5.69 Å². The monoisotopic (exact) mass is 395 g/mol. The molecule has 0 saturated carbocycles. The third kappa shape index (κ3) is 2.85. The first-order valence-electron chi connectivity index (χ1n) is 7.72. The Morgan fingerprint density at radius 1 is 1.16 bits per heavy atom. The van der Waals surface area contributed by atoms with Gasteiger partial charge >= 0.3 is 0 Å². The highest BCUT2D eigenvalue weighted by Crippen LogP contribution is 2.27. The summed E-state index contributed by atoms with van der Waals surface area (Å²) in [5, 5.41) is 8.14. The number of aryl methyl sites for hydroxylation is 1. The van der Waals surface area contributed by atoms with Crippen LogP contribution in [0.3, 0.4) is 0 Å². The number of hydrogen-bond acceptors (Lipinski definition) is 3. The van der Waals surface area contributed by atoms with E-state index < -0.39 is 0 Å². The number of amides is 1. The van der Waals surface area contributed by atoms with E-state index in [1.165, 1.54) is 0 Å². The molecule has 0 aliphatic carbocycles. The van der Waals surface area contributed by atoms with Crippen LogP contribution in [0.15, 0.2) is 69.8 Å². The molecule has 2 aromatic heterocycles. The van der Waals surface area contributed by atoms with Gasteiger partial charge in [-0.3, -0.25) is 4.79 Å². The molecule has 5 nitrogen and oxygen atoms in total. The summed E-state index contributed by atoms with van der Waals surface area (Å²) in [6, 6.07) is 15.1. The van der Waals surface area contributed by atoms with E-state index in [1.54, 1.807) is 10.9 Å². The first-order valence-corrected chi connectivity index (χ1v) is 8.52. The number of aromatic nitrogens is 2. The third-order valence-corrected chi connectivity index (χ3v) is 4.41. The van der Waals surface area contributed by atoms with Crippen LogP contribution in [-0.2, 0) is 0 Å². The number of fused-ring (bicyclic) bond motifs is 1. The van der Waals surface area contributed by atoms with Crippen LogP contribution in [0.1, 0.15) is 16.1 Å². The van der Waals surface area contributed by atoms with Crippen LogP contribution in [0.2, 0.25) is 0 Å². The van der Waals surface area contributed by atoms with Gasteiger partial charge in [-0.25, -0.2) is 4.68 Å². The largest absolute Gasteiger partial charge is 0.451 e. The van der Waals surface area contributed by atoms with Gasteiger partial charge in [0.25, 0.3) is 5.91 Å². The fourth-order valence-electron chi connectivity index (χ4n) is 2.78. The second kappa shape index (κ2) is 6.22. The lowest BCUT2D eigenvalue weighted by Gasteiger charge is -2.10. The molecule has 0 spiro atoms. The number of furan rings is 1. The van der Waals surface area contributed by atoms with E-state index in [0.29, 0.717) is 17.0 Å². The zero-order chi connectivity index (χ0) is 17.4. The molecule has 1 N–H and O–H groups in total. The van der Waals surface area contributed by atoms with E-state index >= 15 is 0 Å². The molecule has 0 fully saturated rings. The zero-order valence-electron chi connectivity index (χ0n) is 13.4. The number of anilines is 1. The number of rotatable bonds is 3. The fourth-order valence-corrected chi connectivity index (χ4v) is 3.07. The molecule has 0 aliphatic heterocycles. The van der Waals surface area contributed by atoms with Gasteiger partial charge in [0.1, 0.15) is 5.58 Å². The third-order valence-electron chi connectivity index (χ3n) is 4.00. The lowest BCUT2D eigenvalue weighted by atomic mass is 10.1. The molecule has 4 aromatic rings. The average molecular weight is 396 g/mol. The Hall–Kier alpha value is -2.86. The smallest absolute Gasteiger partial charge is 0.291 e. The minimum Gasteiger partial charge on any atom is -0.451 e. The quantitative estimate of drug-likeness (QED) is 0.534. The van der Waals surface area contributed by atoms with Gasteiger partial charge in [0.05, 0.1) is 22.0 Å². The Morgan fingerprint density at radius 2 is 1.92 bits per heavy atom. The van der Waals surface area contributed by atoms with Crippen molar-refractivity contribution in [3.63, 3.8) is 0 Å². The van der Waals surface area contributed by atoms with Crippen molar-refractivity contribution in [2.45, 2.75) is 6.92 Å². The van der Waals surface area contributed by atoms with Crippen LogP contribution in [0, 0.1) is 6.92 Å². The number of nitrogens with zero attached hydrogens (tertiary/aromatic N) is 2. The number of carbonyl (C=O) groups excluding carboxylic acids is 1. The van der Waals surface area contributed by atoms with Crippen LogP contribution < -0.4 is 5.32 Å². The number of nitrogens with one attached hydrogen (secondary N) is 1. The molecule has 2 heterocycles. The Bertz CT molecular complexity index is 1080. The molecule has 2 aromatic carbocycles. The van der Waals surface area contributed by atoms with Crippen LogP contribution >= 0.6 is 15.9 Å². The molecular formula is C19H14BrN3O2. The number of para-hydroxylation sites is 3. The van der Waals surface area contributed by atoms with Gasteiger partial charge < -0.3 is 9.73 Å². The molecule has 0 bridgehead atoms. The maximum Gasteiger partial charge on any atom is 0.291 e. The molecule has 124 valence electrons. The summed E-state index contributed by atoms with van der Waals surface area (Å²) in [4.78, 5) is 12.7. The first-order chi connectivity index (χ1) is 12.1. The predicted octanol–water partition coefficient (Wildman–Crippen LogP) is 4.94. The Labute approximate surface area is 152 Å². The van der Waals surface area contributed by atoms with Gasteiger partial charge in [0.15, 0.2) is 5.76 Å². The molecule has 6 heteroatoms. The van der Waals surface area contributed by atoms with Crippen molar-refractivity contribution in [2.75, 3.05) is 5.32 Å². The van der Waals surface area contributed by atoms with E-state index in [-0.39, 0.29) is 5.91 Å². The second-order valence-corrected chi connectivity index (χ2v) is 6.54. The number of hydrogen-bond donors (Lipinski definition) is 1. The van der Waals surface area contributed by atoms with Crippen molar-refractivity contribution in [2.24, 2.45) is 0 Å². The maximum absolute atomic E-state index is 12.7. The second-order valence-electron chi connectivity index (χ2n) is 5.63. The molecule has 0 unspecified atom stereocenters.